The number of nitrogens with zero attached hydrogens (tertiary/aromatic N) is 2. The first-order valence-electron chi connectivity index (χ1n) is 5.86. The number of thiophene rings is 1. The van der Waals surface area contributed by atoms with Crippen molar-refractivity contribution in [2.24, 2.45) is 0 Å². The largest absolute Gasteiger partial charge is 0.351 e. The van der Waals surface area contributed by atoms with Gasteiger partial charge in [0.2, 0.25) is 5.82 Å². The Kier molecular flexibility index (Phi) is 2.25. The molecule has 1 N–H and O–H groups in total. The standard InChI is InChI=1S/C14H9N3OS/c1-2-5-10-9(4-1)8-11(15-10)14-16-13(17-18-14)12-6-3-7-19-12/h1-8,15H. The summed E-state index contributed by atoms with van der Waals surface area (Å²) < 4.78 is 5.32. The Labute approximate surface area is 112 Å². The monoisotopic (exact) mass is 267 g/mol. The lowest BCUT2D eigenvalue weighted by molar-refractivity contribution is 0.431. The van der Waals surface area contributed by atoms with Crippen LogP contribution in [0.15, 0.2) is 52.4 Å². The van der Waals surface area contributed by atoms with Crippen LogP contribution < -0.4 is 0 Å². The van der Waals surface area contributed by atoms with Gasteiger partial charge < -0.3 is 9.51 Å². The van der Waals surface area contributed by atoms with Gasteiger partial charge in [-0.1, -0.05) is 29.4 Å². The zero-order chi connectivity index (χ0) is 12.7. The van der Waals surface area contributed by atoms with Crippen LogP contribution in [0.25, 0.3) is 33.2 Å². The van der Waals surface area contributed by atoms with E-state index in [1.54, 1.807) is 11.3 Å². The number of nitrogens with one attached hydrogen (secondary N) is 1. The van der Waals surface area contributed by atoms with Crippen molar-refractivity contribution < 1.29 is 4.52 Å². The van der Waals surface area contributed by atoms with Crippen molar-refractivity contribution in [2.45, 2.75) is 0 Å². The molecule has 0 saturated heterocycles. The van der Waals surface area contributed by atoms with Crippen molar-refractivity contribution in [3.63, 3.8) is 0 Å². The topological polar surface area (TPSA) is 54.7 Å². The maximum atomic E-state index is 5.32. The van der Waals surface area contributed by atoms with Crippen molar-refractivity contribution >= 4 is 22.2 Å². The van der Waals surface area contributed by atoms with Crippen molar-refractivity contribution in [1.82, 2.24) is 15.1 Å². The average Bonchev–Trinajstić information content (AvgIpc) is 3.17. The summed E-state index contributed by atoms with van der Waals surface area (Å²) in [6, 6.07) is 14.0. The molecule has 3 heterocycles. The number of hydrogen-bond donors (Lipinski definition) is 1. The molecule has 3 aromatic heterocycles. The number of H-pyrrole nitrogens is 1. The summed E-state index contributed by atoms with van der Waals surface area (Å²) in [5, 5.41) is 7.14. The van der Waals surface area contributed by atoms with E-state index in [9.17, 15) is 0 Å². The fourth-order valence-electron chi connectivity index (χ4n) is 2.03. The van der Waals surface area contributed by atoms with Gasteiger partial charge >= 0.3 is 0 Å². The van der Waals surface area contributed by atoms with Crippen molar-refractivity contribution in [1.29, 1.82) is 0 Å². The first-order valence-corrected chi connectivity index (χ1v) is 6.74. The van der Waals surface area contributed by atoms with Crippen molar-refractivity contribution in [3.05, 3.63) is 47.8 Å². The maximum absolute atomic E-state index is 5.32. The molecule has 0 amide bonds. The molecule has 92 valence electrons. The van der Waals surface area contributed by atoms with Crippen LogP contribution in [0.5, 0.6) is 0 Å². The van der Waals surface area contributed by atoms with Crippen LogP contribution in [-0.2, 0) is 0 Å². The van der Waals surface area contributed by atoms with E-state index in [1.807, 2.05) is 47.8 Å². The molecule has 1 aromatic carbocycles. The lowest BCUT2D eigenvalue weighted by Crippen LogP contribution is -1.77. The first-order chi connectivity index (χ1) is 9.40. The van der Waals surface area contributed by atoms with Crippen LogP contribution >= 0.6 is 11.3 Å². The van der Waals surface area contributed by atoms with Gasteiger partial charge in [-0.2, -0.15) is 4.98 Å². The second-order valence-corrected chi connectivity index (χ2v) is 5.12. The molecule has 5 heteroatoms. The lowest BCUT2D eigenvalue weighted by Gasteiger charge is -1.86. The summed E-state index contributed by atoms with van der Waals surface area (Å²) in [7, 11) is 0. The third-order valence-electron chi connectivity index (χ3n) is 2.93. The number of aromatic amines is 1. The Balaban J connectivity index is 1.80. The van der Waals surface area contributed by atoms with Gasteiger partial charge in [0.05, 0.1) is 4.88 Å². The maximum Gasteiger partial charge on any atom is 0.274 e. The zero-order valence-electron chi connectivity index (χ0n) is 9.83. The van der Waals surface area contributed by atoms with Gasteiger partial charge in [0.1, 0.15) is 5.69 Å². The molecule has 0 saturated carbocycles. The Morgan fingerprint density at radius 3 is 2.89 bits per heavy atom. The van der Waals surface area contributed by atoms with Crippen LogP contribution in [0.4, 0.5) is 0 Å². The van der Waals surface area contributed by atoms with Gasteiger partial charge in [-0.3, -0.25) is 0 Å². The van der Waals surface area contributed by atoms with Gasteiger partial charge in [-0.25, -0.2) is 0 Å². The van der Waals surface area contributed by atoms with Crippen LogP contribution in [0.1, 0.15) is 0 Å². The van der Waals surface area contributed by atoms with Crippen LogP contribution in [0, 0.1) is 0 Å². The third-order valence-corrected chi connectivity index (χ3v) is 3.79. The van der Waals surface area contributed by atoms with Crippen LogP contribution in [0.3, 0.4) is 0 Å². The normalized spacial score (nSPS) is 11.2. The predicted molar refractivity (Wildman–Crippen MR) is 74.9 cm³/mol. The van der Waals surface area contributed by atoms with E-state index >= 15 is 0 Å². The molecule has 0 fully saturated rings. The Bertz CT molecular complexity index is 796. The molecule has 0 unspecified atom stereocenters. The molecule has 0 bridgehead atoms. The number of benzene rings is 1. The smallest absolute Gasteiger partial charge is 0.274 e. The summed E-state index contributed by atoms with van der Waals surface area (Å²) in [6.07, 6.45) is 0. The molecular formula is C14H9N3OS. The van der Waals surface area contributed by atoms with Gasteiger partial charge in [0, 0.05) is 10.9 Å². The van der Waals surface area contributed by atoms with E-state index in [4.69, 9.17) is 4.52 Å². The number of aromatic nitrogens is 3. The minimum Gasteiger partial charge on any atom is -0.351 e. The molecule has 0 aliphatic carbocycles. The van der Waals surface area contributed by atoms with Crippen LogP contribution in [-0.4, -0.2) is 15.1 Å². The van der Waals surface area contributed by atoms with E-state index < -0.39 is 0 Å². The molecule has 4 rings (SSSR count). The van der Waals surface area contributed by atoms with Gasteiger partial charge in [-0.05, 0) is 23.6 Å². The molecular weight excluding hydrogens is 258 g/mol. The molecule has 0 aliphatic heterocycles. The van der Waals surface area contributed by atoms with Crippen molar-refractivity contribution in [3.8, 4) is 22.3 Å². The minimum atomic E-state index is 0.514. The number of para-hydroxylation sites is 1. The van der Waals surface area contributed by atoms with E-state index in [-0.39, 0.29) is 0 Å². The van der Waals surface area contributed by atoms with E-state index in [0.717, 1.165) is 21.5 Å². The molecule has 4 aromatic rings. The fraction of sp³-hybridized carbons (Fsp3) is 0. The van der Waals surface area contributed by atoms with Gasteiger partial charge in [-0.15, -0.1) is 11.3 Å². The lowest BCUT2D eigenvalue weighted by atomic mass is 10.2. The summed E-state index contributed by atoms with van der Waals surface area (Å²) >= 11 is 1.59. The third kappa shape index (κ3) is 1.75. The molecule has 0 aliphatic rings. The molecule has 0 radical (unpaired) electrons. The fourth-order valence-corrected chi connectivity index (χ4v) is 2.68. The van der Waals surface area contributed by atoms with E-state index in [1.165, 1.54) is 0 Å². The highest BCUT2D eigenvalue weighted by molar-refractivity contribution is 7.13. The minimum absolute atomic E-state index is 0.514. The van der Waals surface area contributed by atoms with E-state index in [2.05, 4.69) is 15.1 Å². The van der Waals surface area contributed by atoms with Gasteiger partial charge in [0.15, 0.2) is 0 Å². The highest BCUT2D eigenvalue weighted by atomic mass is 32.1. The molecule has 19 heavy (non-hydrogen) atoms. The molecule has 0 atom stereocenters. The second kappa shape index (κ2) is 4.07. The molecule has 4 nitrogen and oxygen atoms in total. The Morgan fingerprint density at radius 1 is 1.11 bits per heavy atom. The quantitative estimate of drug-likeness (QED) is 0.598. The van der Waals surface area contributed by atoms with Crippen LogP contribution in [0.2, 0.25) is 0 Å². The Morgan fingerprint density at radius 2 is 2.05 bits per heavy atom. The summed E-state index contributed by atoms with van der Waals surface area (Å²) in [4.78, 5) is 8.70. The Hall–Kier alpha value is -2.40. The number of hydrogen-bond acceptors (Lipinski definition) is 4. The summed E-state index contributed by atoms with van der Waals surface area (Å²) in [6.45, 7) is 0. The second-order valence-electron chi connectivity index (χ2n) is 4.17. The van der Waals surface area contributed by atoms with E-state index in [0.29, 0.717) is 11.7 Å². The highest BCUT2D eigenvalue weighted by Gasteiger charge is 2.13. The van der Waals surface area contributed by atoms with Crippen molar-refractivity contribution in [2.75, 3.05) is 0 Å². The highest BCUT2D eigenvalue weighted by Crippen LogP contribution is 2.26. The first kappa shape index (κ1) is 10.5. The number of fused-ring (bicyclic) bond motifs is 1. The SMILES string of the molecule is c1csc(-c2noc(-c3cc4ccccc4[nH]3)n2)c1. The summed E-state index contributed by atoms with van der Waals surface area (Å²) in [5.74, 6) is 1.14. The predicted octanol–water partition coefficient (Wildman–Crippen LogP) is 3.95. The van der Waals surface area contributed by atoms with Gasteiger partial charge in [0.25, 0.3) is 5.89 Å². The zero-order valence-corrected chi connectivity index (χ0v) is 10.6. The molecule has 0 spiro atoms. The number of rotatable bonds is 2. The average molecular weight is 267 g/mol. The summed E-state index contributed by atoms with van der Waals surface area (Å²) in [5.41, 5.74) is 1.91.